The number of hydrogen-bond acceptors (Lipinski definition) is 4. The summed E-state index contributed by atoms with van der Waals surface area (Å²) in [4.78, 5) is 8.78. The maximum absolute atomic E-state index is 5.37. The third-order valence-electron chi connectivity index (χ3n) is 2.93. The number of anilines is 1. The quantitative estimate of drug-likeness (QED) is 0.913. The second-order valence-electron chi connectivity index (χ2n) is 4.58. The summed E-state index contributed by atoms with van der Waals surface area (Å²) in [5.41, 5.74) is 3.01. The molecule has 0 unspecified atom stereocenters. The van der Waals surface area contributed by atoms with Crippen molar-refractivity contribution in [1.82, 2.24) is 9.97 Å². The van der Waals surface area contributed by atoms with Crippen LogP contribution in [0, 0.1) is 13.8 Å². The SMILES string of the molecule is COc1ccccc1[C@@H](C)Nc1nc(C)cc(C)n1. The van der Waals surface area contributed by atoms with Crippen molar-refractivity contribution in [1.29, 1.82) is 0 Å². The summed E-state index contributed by atoms with van der Waals surface area (Å²) < 4.78 is 5.37. The van der Waals surface area contributed by atoms with Gasteiger partial charge in [0.2, 0.25) is 5.95 Å². The molecule has 0 bridgehead atoms. The zero-order valence-corrected chi connectivity index (χ0v) is 11.8. The van der Waals surface area contributed by atoms with Gasteiger partial charge in [0.1, 0.15) is 5.75 Å². The fraction of sp³-hybridized carbons (Fsp3) is 0.333. The number of aryl methyl sites for hydroxylation is 2. The van der Waals surface area contributed by atoms with Gasteiger partial charge in [-0.1, -0.05) is 18.2 Å². The van der Waals surface area contributed by atoms with E-state index in [1.54, 1.807) is 7.11 Å². The van der Waals surface area contributed by atoms with E-state index in [-0.39, 0.29) is 6.04 Å². The Morgan fingerprint density at radius 2 is 1.74 bits per heavy atom. The van der Waals surface area contributed by atoms with E-state index in [1.165, 1.54) is 0 Å². The van der Waals surface area contributed by atoms with Gasteiger partial charge in [0, 0.05) is 17.0 Å². The maximum Gasteiger partial charge on any atom is 0.223 e. The molecular weight excluding hydrogens is 238 g/mol. The Kier molecular flexibility index (Phi) is 4.00. The van der Waals surface area contributed by atoms with Gasteiger partial charge in [-0.15, -0.1) is 0 Å². The molecule has 0 fully saturated rings. The van der Waals surface area contributed by atoms with Crippen molar-refractivity contribution in [3.63, 3.8) is 0 Å². The molecule has 19 heavy (non-hydrogen) atoms. The summed E-state index contributed by atoms with van der Waals surface area (Å²) >= 11 is 0. The number of nitrogens with zero attached hydrogens (tertiary/aromatic N) is 2. The summed E-state index contributed by atoms with van der Waals surface area (Å²) in [6, 6.07) is 9.99. The van der Waals surface area contributed by atoms with Crippen LogP contribution < -0.4 is 10.1 Å². The Bertz CT molecular complexity index is 549. The summed E-state index contributed by atoms with van der Waals surface area (Å²) in [5.74, 6) is 1.52. The van der Waals surface area contributed by atoms with Gasteiger partial charge >= 0.3 is 0 Å². The highest BCUT2D eigenvalue weighted by Crippen LogP contribution is 2.26. The molecule has 0 aliphatic rings. The average molecular weight is 257 g/mol. The van der Waals surface area contributed by atoms with Crippen LogP contribution in [0.4, 0.5) is 5.95 Å². The van der Waals surface area contributed by atoms with Crippen LogP contribution in [0.1, 0.15) is 29.9 Å². The first-order chi connectivity index (χ1) is 9.10. The number of benzene rings is 1. The summed E-state index contributed by atoms with van der Waals surface area (Å²) in [5, 5.41) is 3.31. The van der Waals surface area contributed by atoms with Crippen molar-refractivity contribution < 1.29 is 4.74 Å². The Hall–Kier alpha value is -2.10. The van der Waals surface area contributed by atoms with Crippen molar-refractivity contribution in [2.75, 3.05) is 12.4 Å². The smallest absolute Gasteiger partial charge is 0.223 e. The Balaban J connectivity index is 2.22. The molecule has 4 nitrogen and oxygen atoms in total. The van der Waals surface area contributed by atoms with Gasteiger partial charge < -0.3 is 10.1 Å². The van der Waals surface area contributed by atoms with Gasteiger partial charge in [0.25, 0.3) is 0 Å². The molecule has 1 N–H and O–H groups in total. The third-order valence-corrected chi connectivity index (χ3v) is 2.93. The van der Waals surface area contributed by atoms with Gasteiger partial charge in [-0.3, -0.25) is 0 Å². The first-order valence-electron chi connectivity index (χ1n) is 6.32. The highest BCUT2D eigenvalue weighted by Gasteiger charge is 2.12. The van der Waals surface area contributed by atoms with E-state index >= 15 is 0 Å². The van der Waals surface area contributed by atoms with Crippen molar-refractivity contribution in [3.8, 4) is 5.75 Å². The van der Waals surface area contributed by atoms with E-state index in [2.05, 4.69) is 22.2 Å². The number of methoxy groups -OCH3 is 1. The number of rotatable bonds is 4. The highest BCUT2D eigenvalue weighted by molar-refractivity contribution is 5.40. The first kappa shape index (κ1) is 13.3. The summed E-state index contributed by atoms with van der Waals surface area (Å²) in [6.45, 7) is 6.00. The molecule has 2 aromatic rings. The molecular formula is C15H19N3O. The van der Waals surface area contributed by atoms with Crippen LogP contribution in [-0.4, -0.2) is 17.1 Å². The molecule has 0 aliphatic carbocycles. The van der Waals surface area contributed by atoms with Crippen molar-refractivity contribution in [2.45, 2.75) is 26.8 Å². The predicted octanol–water partition coefficient (Wildman–Crippen LogP) is 3.28. The molecule has 1 aromatic carbocycles. The van der Waals surface area contributed by atoms with E-state index < -0.39 is 0 Å². The lowest BCUT2D eigenvalue weighted by atomic mass is 10.1. The lowest BCUT2D eigenvalue weighted by molar-refractivity contribution is 0.408. The summed E-state index contributed by atoms with van der Waals surface area (Å²) in [6.07, 6.45) is 0. The monoisotopic (exact) mass is 257 g/mol. The molecule has 100 valence electrons. The zero-order valence-electron chi connectivity index (χ0n) is 11.8. The number of para-hydroxylation sites is 1. The summed E-state index contributed by atoms with van der Waals surface area (Å²) in [7, 11) is 1.68. The number of aromatic nitrogens is 2. The molecule has 1 heterocycles. The number of hydrogen-bond donors (Lipinski definition) is 1. The molecule has 1 aromatic heterocycles. The third kappa shape index (κ3) is 3.22. The molecule has 2 rings (SSSR count). The largest absolute Gasteiger partial charge is 0.496 e. The lowest BCUT2D eigenvalue weighted by Crippen LogP contribution is -2.11. The van der Waals surface area contributed by atoms with E-state index in [0.29, 0.717) is 5.95 Å². The number of ether oxygens (including phenoxy) is 1. The molecule has 4 heteroatoms. The molecule has 0 saturated heterocycles. The van der Waals surface area contributed by atoms with E-state index in [0.717, 1.165) is 22.7 Å². The van der Waals surface area contributed by atoms with Gasteiger partial charge in [-0.05, 0) is 32.9 Å². The second-order valence-corrected chi connectivity index (χ2v) is 4.58. The van der Waals surface area contributed by atoms with Crippen molar-refractivity contribution >= 4 is 5.95 Å². The van der Waals surface area contributed by atoms with Crippen LogP contribution in [-0.2, 0) is 0 Å². The van der Waals surface area contributed by atoms with E-state index in [4.69, 9.17) is 4.74 Å². The fourth-order valence-corrected chi connectivity index (χ4v) is 2.09. The number of nitrogens with one attached hydrogen (secondary N) is 1. The lowest BCUT2D eigenvalue weighted by Gasteiger charge is -2.17. The van der Waals surface area contributed by atoms with E-state index in [1.807, 2.05) is 44.2 Å². The standard InChI is InChI=1S/C15H19N3O/c1-10-9-11(2)17-15(16-10)18-12(3)13-7-5-6-8-14(13)19-4/h5-9,12H,1-4H3,(H,16,17,18)/t12-/m1/s1. The normalized spacial score (nSPS) is 12.0. The molecule has 0 saturated carbocycles. The highest BCUT2D eigenvalue weighted by atomic mass is 16.5. The molecule has 0 aliphatic heterocycles. The second kappa shape index (κ2) is 5.69. The van der Waals surface area contributed by atoms with Crippen molar-refractivity contribution in [3.05, 3.63) is 47.3 Å². The van der Waals surface area contributed by atoms with E-state index in [9.17, 15) is 0 Å². The van der Waals surface area contributed by atoms with Crippen LogP contribution in [0.2, 0.25) is 0 Å². The van der Waals surface area contributed by atoms with Crippen molar-refractivity contribution in [2.24, 2.45) is 0 Å². The minimum atomic E-state index is 0.0809. The van der Waals surface area contributed by atoms with Gasteiger partial charge in [-0.2, -0.15) is 0 Å². The molecule has 0 radical (unpaired) electrons. The van der Waals surface area contributed by atoms with Gasteiger partial charge in [0.05, 0.1) is 13.2 Å². The van der Waals surface area contributed by atoms with Gasteiger partial charge in [0.15, 0.2) is 0 Å². The Labute approximate surface area is 113 Å². The Morgan fingerprint density at radius 3 is 2.37 bits per heavy atom. The molecule has 0 spiro atoms. The maximum atomic E-state index is 5.37. The van der Waals surface area contributed by atoms with Gasteiger partial charge in [-0.25, -0.2) is 9.97 Å². The zero-order chi connectivity index (χ0) is 13.8. The molecule has 0 amide bonds. The van der Waals surface area contributed by atoms with Crippen LogP contribution in [0.25, 0.3) is 0 Å². The molecule has 1 atom stereocenters. The minimum Gasteiger partial charge on any atom is -0.496 e. The predicted molar refractivity (Wildman–Crippen MR) is 76.5 cm³/mol. The van der Waals surface area contributed by atoms with Crippen LogP contribution >= 0.6 is 0 Å². The average Bonchev–Trinajstić information content (AvgIpc) is 2.37. The fourth-order valence-electron chi connectivity index (χ4n) is 2.09. The first-order valence-corrected chi connectivity index (χ1v) is 6.32. The topological polar surface area (TPSA) is 47.0 Å². The van der Waals surface area contributed by atoms with Crippen LogP contribution in [0.5, 0.6) is 5.75 Å². The van der Waals surface area contributed by atoms with Crippen LogP contribution in [0.15, 0.2) is 30.3 Å². The van der Waals surface area contributed by atoms with Crippen LogP contribution in [0.3, 0.4) is 0 Å². The Morgan fingerprint density at radius 1 is 1.11 bits per heavy atom. The minimum absolute atomic E-state index is 0.0809.